The average Bonchev–Trinajstić information content (AvgIpc) is 2.65. The largest absolute Gasteiger partial charge is 0.456 e. The van der Waals surface area contributed by atoms with Crippen molar-refractivity contribution >= 4 is 6.09 Å². The van der Waals surface area contributed by atoms with Gasteiger partial charge in [0, 0.05) is 11.1 Å². The third-order valence-electron chi connectivity index (χ3n) is 4.74. The van der Waals surface area contributed by atoms with Crippen molar-refractivity contribution in [3.63, 3.8) is 0 Å². The summed E-state index contributed by atoms with van der Waals surface area (Å²) in [6, 6.07) is 13.5. The molecule has 0 bridgehead atoms. The first-order valence-electron chi connectivity index (χ1n) is 9.50. The van der Waals surface area contributed by atoms with Crippen LogP contribution in [0.3, 0.4) is 0 Å². The first kappa shape index (κ1) is 18.3. The number of aryl methyl sites for hydroxylation is 1. The Morgan fingerprint density at radius 3 is 2.65 bits per heavy atom. The Kier molecular flexibility index (Phi) is 6.16. The minimum absolute atomic E-state index is 0.262. The molecule has 0 radical (unpaired) electrons. The van der Waals surface area contributed by atoms with Gasteiger partial charge in [-0.05, 0) is 25.0 Å². The maximum absolute atomic E-state index is 12.3. The number of rotatable bonds is 7. The van der Waals surface area contributed by atoms with Gasteiger partial charge in [0.25, 0.3) is 0 Å². The van der Waals surface area contributed by atoms with Crippen molar-refractivity contribution in [3.05, 3.63) is 59.2 Å². The SMILES string of the molecule is CCCCCCCOC(=O)NC1c2ccccc2Oc2c(C)cccc21. The minimum Gasteiger partial charge on any atom is -0.456 e. The lowest BCUT2D eigenvalue weighted by atomic mass is 9.93. The summed E-state index contributed by atoms with van der Waals surface area (Å²) >= 11 is 0. The monoisotopic (exact) mass is 353 g/mol. The van der Waals surface area contributed by atoms with Crippen LogP contribution in [0.1, 0.15) is 61.8 Å². The van der Waals surface area contributed by atoms with Gasteiger partial charge in [0.1, 0.15) is 11.5 Å². The quantitative estimate of drug-likeness (QED) is 0.632. The van der Waals surface area contributed by atoms with E-state index in [0.29, 0.717) is 6.61 Å². The Morgan fingerprint density at radius 2 is 1.81 bits per heavy atom. The van der Waals surface area contributed by atoms with Crippen LogP contribution < -0.4 is 10.1 Å². The summed E-state index contributed by atoms with van der Waals surface area (Å²) in [4.78, 5) is 12.3. The lowest BCUT2D eigenvalue weighted by Gasteiger charge is -2.29. The highest BCUT2D eigenvalue weighted by Gasteiger charge is 2.29. The average molecular weight is 353 g/mol. The molecule has 4 heteroatoms. The van der Waals surface area contributed by atoms with Gasteiger partial charge in [0.2, 0.25) is 0 Å². The molecule has 1 unspecified atom stereocenters. The number of para-hydroxylation sites is 2. The van der Waals surface area contributed by atoms with Crippen molar-refractivity contribution in [2.45, 2.75) is 52.0 Å². The van der Waals surface area contributed by atoms with E-state index in [-0.39, 0.29) is 12.1 Å². The molecular formula is C22H27NO3. The number of amides is 1. The zero-order chi connectivity index (χ0) is 18.4. The third-order valence-corrected chi connectivity index (χ3v) is 4.74. The fourth-order valence-corrected chi connectivity index (χ4v) is 3.32. The zero-order valence-corrected chi connectivity index (χ0v) is 15.6. The minimum atomic E-state index is -0.380. The van der Waals surface area contributed by atoms with E-state index in [1.807, 2.05) is 49.4 Å². The standard InChI is InChI=1S/C22H27NO3/c1-3-4-5-6-9-15-25-22(24)23-20-17-12-7-8-14-19(17)26-21-16(2)11-10-13-18(20)21/h7-8,10-14,20H,3-6,9,15H2,1-2H3,(H,23,24). The first-order chi connectivity index (χ1) is 12.7. The maximum atomic E-state index is 12.3. The number of carbonyl (C=O) groups is 1. The zero-order valence-electron chi connectivity index (χ0n) is 15.6. The van der Waals surface area contributed by atoms with Gasteiger partial charge < -0.3 is 14.8 Å². The van der Waals surface area contributed by atoms with Crippen LogP contribution >= 0.6 is 0 Å². The number of nitrogens with one attached hydrogen (secondary N) is 1. The molecule has 1 atom stereocenters. The van der Waals surface area contributed by atoms with E-state index < -0.39 is 0 Å². The second kappa shape index (κ2) is 8.75. The summed E-state index contributed by atoms with van der Waals surface area (Å²) in [6.45, 7) is 4.66. The Labute approximate surface area is 155 Å². The summed E-state index contributed by atoms with van der Waals surface area (Å²) < 4.78 is 11.5. The fraction of sp³-hybridized carbons (Fsp3) is 0.409. The Hall–Kier alpha value is -2.49. The Bertz CT molecular complexity index is 757. The summed E-state index contributed by atoms with van der Waals surface area (Å²) in [5, 5.41) is 3.02. The molecule has 2 aromatic carbocycles. The second-order valence-electron chi connectivity index (χ2n) is 6.76. The van der Waals surface area contributed by atoms with Gasteiger partial charge in [-0.15, -0.1) is 0 Å². The molecule has 4 nitrogen and oxygen atoms in total. The van der Waals surface area contributed by atoms with Gasteiger partial charge in [-0.3, -0.25) is 0 Å². The van der Waals surface area contributed by atoms with E-state index in [2.05, 4.69) is 12.2 Å². The molecule has 1 amide bonds. The molecule has 26 heavy (non-hydrogen) atoms. The summed E-state index contributed by atoms with van der Waals surface area (Å²) in [6.07, 6.45) is 5.28. The molecular weight excluding hydrogens is 326 g/mol. The lowest BCUT2D eigenvalue weighted by Crippen LogP contribution is -2.32. The van der Waals surface area contributed by atoms with Crippen LogP contribution in [0, 0.1) is 6.92 Å². The van der Waals surface area contributed by atoms with Gasteiger partial charge in [-0.25, -0.2) is 4.79 Å². The van der Waals surface area contributed by atoms with E-state index in [1.165, 1.54) is 19.3 Å². The molecule has 1 N–H and O–H groups in total. The maximum Gasteiger partial charge on any atom is 0.407 e. The van der Waals surface area contributed by atoms with Gasteiger partial charge >= 0.3 is 6.09 Å². The lowest BCUT2D eigenvalue weighted by molar-refractivity contribution is 0.141. The van der Waals surface area contributed by atoms with E-state index in [1.54, 1.807) is 0 Å². The van der Waals surface area contributed by atoms with Crippen LogP contribution in [0.2, 0.25) is 0 Å². The molecule has 1 aliphatic rings. The fourth-order valence-electron chi connectivity index (χ4n) is 3.32. The van der Waals surface area contributed by atoms with Gasteiger partial charge in [-0.1, -0.05) is 69.0 Å². The van der Waals surface area contributed by atoms with Crippen molar-refractivity contribution in [3.8, 4) is 11.5 Å². The number of unbranched alkanes of at least 4 members (excludes halogenated alkanes) is 4. The van der Waals surface area contributed by atoms with Crippen molar-refractivity contribution in [1.82, 2.24) is 5.32 Å². The number of hydrogen-bond donors (Lipinski definition) is 1. The van der Waals surface area contributed by atoms with Crippen LogP contribution in [0.25, 0.3) is 0 Å². The van der Waals surface area contributed by atoms with Crippen molar-refractivity contribution in [2.75, 3.05) is 6.61 Å². The van der Waals surface area contributed by atoms with Crippen LogP contribution in [0.4, 0.5) is 4.79 Å². The molecule has 138 valence electrons. The molecule has 0 fully saturated rings. The summed E-state index contributed by atoms with van der Waals surface area (Å²) in [7, 11) is 0. The highest BCUT2D eigenvalue weighted by atomic mass is 16.5. The molecule has 2 aromatic rings. The van der Waals surface area contributed by atoms with E-state index in [0.717, 1.165) is 41.0 Å². The highest BCUT2D eigenvalue weighted by molar-refractivity contribution is 5.70. The van der Waals surface area contributed by atoms with E-state index in [9.17, 15) is 4.79 Å². The molecule has 0 saturated carbocycles. The van der Waals surface area contributed by atoms with Crippen LogP contribution in [-0.2, 0) is 4.74 Å². The van der Waals surface area contributed by atoms with Gasteiger partial charge in [0.05, 0.1) is 12.6 Å². The topological polar surface area (TPSA) is 47.6 Å². The van der Waals surface area contributed by atoms with E-state index in [4.69, 9.17) is 9.47 Å². The number of ether oxygens (including phenoxy) is 2. The number of carbonyl (C=O) groups excluding carboxylic acids is 1. The molecule has 0 aromatic heterocycles. The Balaban J connectivity index is 1.68. The highest BCUT2D eigenvalue weighted by Crippen LogP contribution is 2.44. The molecule has 3 rings (SSSR count). The van der Waals surface area contributed by atoms with Crippen molar-refractivity contribution < 1.29 is 14.3 Å². The molecule has 0 saturated heterocycles. The third kappa shape index (κ3) is 4.18. The molecule has 0 spiro atoms. The molecule has 1 heterocycles. The van der Waals surface area contributed by atoms with E-state index >= 15 is 0 Å². The molecule has 1 aliphatic heterocycles. The van der Waals surface area contributed by atoms with Crippen LogP contribution in [0.15, 0.2) is 42.5 Å². The van der Waals surface area contributed by atoms with Crippen LogP contribution in [0.5, 0.6) is 11.5 Å². The number of benzene rings is 2. The normalized spacial score (nSPS) is 14.8. The number of alkyl carbamates (subject to hydrolysis) is 1. The summed E-state index contributed by atoms with van der Waals surface area (Å²) in [5.74, 6) is 1.59. The number of hydrogen-bond acceptors (Lipinski definition) is 3. The predicted octanol–water partition coefficient (Wildman–Crippen LogP) is 5.89. The van der Waals surface area contributed by atoms with Gasteiger partial charge in [-0.2, -0.15) is 0 Å². The smallest absolute Gasteiger partial charge is 0.407 e. The van der Waals surface area contributed by atoms with Crippen molar-refractivity contribution in [1.29, 1.82) is 0 Å². The van der Waals surface area contributed by atoms with Gasteiger partial charge in [0.15, 0.2) is 0 Å². The predicted molar refractivity (Wildman–Crippen MR) is 103 cm³/mol. The Morgan fingerprint density at radius 1 is 1.04 bits per heavy atom. The second-order valence-corrected chi connectivity index (χ2v) is 6.76. The van der Waals surface area contributed by atoms with Crippen LogP contribution in [-0.4, -0.2) is 12.7 Å². The van der Waals surface area contributed by atoms with Crippen molar-refractivity contribution in [2.24, 2.45) is 0 Å². The summed E-state index contributed by atoms with van der Waals surface area (Å²) in [5.41, 5.74) is 2.96. The first-order valence-corrected chi connectivity index (χ1v) is 9.50. The molecule has 0 aliphatic carbocycles. The number of fused-ring (bicyclic) bond motifs is 2.